The maximum absolute atomic E-state index is 12.7. The van der Waals surface area contributed by atoms with Crippen LogP contribution < -0.4 is 11.5 Å². The number of benzene rings is 2. The Labute approximate surface area is 127 Å². The van der Waals surface area contributed by atoms with Crippen molar-refractivity contribution in [2.75, 3.05) is 11.5 Å². The van der Waals surface area contributed by atoms with Crippen LogP contribution in [0.4, 0.5) is 17.1 Å². The van der Waals surface area contributed by atoms with Crippen molar-refractivity contribution in [1.29, 1.82) is 0 Å². The first-order valence-electron chi connectivity index (χ1n) is 6.31. The van der Waals surface area contributed by atoms with Gasteiger partial charge in [-0.15, -0.1) is 0 Å². The molecule has 0 aromatic heterocycles. The first-order chi connectivity index (χ1) is 10.2. The van der Waals surface area contributed by atoms with Crippen LogP contribution in [0.3, 0.4) is 0 Å². The van der Waals surface area contributed by atoms with Crippen molar-refractivity contribution in [3.8, 4) is 0 Å². The fourth-order valence-corrected chi connectivity index (χ4v) is 3.59. The number of nitro groups is 1. The average molecular weight is 321 g/mol. The third-order valence-electron chi connectivity index (χ3n) is 3.43. The lowest BCUT2D eigenvalue weighted by atomic mass is 10.1. The van der Waals surface area contributed by atoms with Crippen molar-refractivity contribution in [3.05, 3.63) is 51.6 Å². The van der Waals surface area contributed by atoms with Crippen LogP contribution in [0.2, 0.25) is 0 Å². The van der Waals surface area contributed by atoms with Crippen LogP contribution in [0.25, 0.3) is 0 Å². The van der Waals surface area contributed by atoms with E-state index in [4.69, 9.17) is 11.5 Å². The number of nitrogen functional groups attached to an aromatic ring is 2. The minimum atomic E-state index is -3.92. The third-order valence-corrected chi connectivity index (χ3v) is 5.32. The van der Waals surface area contributed by atoms with Crippen LogP contribution in [0.1, 0.15) is 11.1 Å². The first-order valence-corrected chi connectivity index (χ1v) is 7.79. The zero-order chi connectivity index (χ0) is 16.7. The van der Waals surface area contributed by atoms with Crippen LogP contribution in [-0.2, 0) is 9.84 Å². The van der Waals surface area contributed by atoms with Crippen molar-refractivity contribution >= 4 is 26.9 Å². The SMILES string of the molecule is Cc1ccc(S(=O)(=O)c2cc([N+](=O)[O-])c(N)c(N)c2C)cc1. The van der Waals surface area contributed by atoms with E-state index in [9.17, 15) is 18.5 Å². The van der Waals surface area contributed by atoms with Gasteiger partial charge >= 0.3 is 0 Å². The van der Waals surface area contributed by atoms with Crippen LogP contribution in [0.15, 0.2) is 40.1 Å². The second kappa shape index (κ2) is 5.30. The average Bonchev–Trinajstić information content (AvgIpc) is 2.44. The van der Waals surface area contributed by atoms with Gasteiger partial charge in [-0.05, 0) is 31.5 Å². The van der Waals surface area contributed by atoms with Crippen molar-refractivity contribution in [2.24, 2.45) is 0 Å². The molecular formula is C14H15N3O4S. The van der Waals surface area contributed by atoms with Gasteiger partial charge in [0.2, 0.25) is 9.84 Å². The van der Waals surface area contributed by atoms with Gasteiger partial charge in [0.05, 0.1) is 20.4 Å². The Morgan fingerprint density at radius 2 is 1.59 bits per heavy atom. The van der Waals surface area contributed by atoms with Gasteiger partial charge in [-0.3, -0.25) is 10.1 Å². The Hall–Kier alpha value is -2.61. The molecule has 0 spiro atoms. The molecule has 0 aliphatic rings. The summed E-state index contributed by atoms with van der Waals surface area (Å²) in [6, 6.07) is 7.15. The van der Waals surface area contributed by atoms with Crippen LogP contribution in [0, 0.1) is 24.0 Å². The fraction of sp³-hybridized carbons (Fsp3) is 0.143. The highest BCUT2D eigenvalue weighted by Gasteiger charge is 2.27. The van der Waals surface area contributed by atoms with Gasteiger partial charge in [-0.1, -0.05) is 17.7 Å². The minimum Gasteiger partial charge on any atom is -0.397 e. The summed E-state index contributed by atoms with van der Waals surface area (Å²) in [5, 5.41) is 11.0. The smallest absolute Gasteiger partial charge is 0.295 e. The number of nitrogens with two attached hydrogens (primary N) is 2. The van der Waals surface area contributed by atoms with Gasteiger partial charge in [0, 0.05) is 6.07 Å². The van der Waals surface area contributed by atoms with E-state index in [1.54, 1.807) is 12.1 Å². The van der Waals surface area contributed by atoms with E-state index in [1.807, 2.05) is 6.92 Å². The molecule has 0 unspecified atom stereocenters. The topological polar surface area (TPSA) is 129 Å². The molecule has 0 radical (unpaired) electrons. The molecule has 22 heavy (non-hydrogen) atoms. The Balaban J connectivity index is 2.76. The molecule has 2 aromatic rings. The summed E-state index contributed by atoms with van der Waals surface area (Å²) in [7, 11) is -3.92. The van der Waals surface area contributed by atoms with E-state index in [2.05, 4.69) is 0 Å². The van der Waals surface area contributed by atoms with Gasteiger partial charge in [0.1, 0.15) is 5.69 Å². The second-order valence-corrected chi connectivity index (χ2v) is 6.84. The summed E-state index contributed by atoms with van der Waals surface area (Å²) in [5.41, 5.74) is 11.6. The summed E-state index contributed by atoms with van der Waals surface area (Å²) in [4.78, 5) is 10.1. The number of hydrogen-bond donors (Lipinski definition) is 2. The Kier molecular flexibility index (Phi) is 3.80. The zero-order valence-corrected chi connectivity index (χ0v) is 12.8. The summed E-state index contributed by atoms with van der Waals surface area (Å²) in [5.74, 6) is 0. The van der Waals surface area contributed by atoms with Crippen LogP contribution >= 0.6 is 0 Å². The molecule has 0 bridgehead atoms. The maximum atomic E-state index is 12.7. The second-order valence-electron chi connectivity index (χ2n) is 4.92. The molecule has 4 N–H and O–H groups in total. The molecule has 0 heterocycles. The molecule has 116 valence electrons. The predicted octanol–water partition coefficient (Wildman–Crippen LogP) is 2.21. The number of sulfone groups is 1. The van der Waals surface area contributed by atoms with E-state index in [0.717, 1.165) is 11.6 Å². The molecule has 0 fully saturated rings. The number of aryl methyl sites for hydroxylation is 1. The number of anilines is 2. The zero-order valence-electron chi connectivity index (χ0n) is 12.0. The van der Waals surface area contributed by atoms with E-state index < -0.39 is 20.4 Å². The summed E-state index contributed by atoms with van der Waals surface area (Å²) >= 11 is 0. The molecule has 0 aliphatic heterocycles. The third kappa shape index (κ3) is 2.48. The number of hydrogen-bond acceptors (Lipinski definition) is 6. The maximum Gasteiger partial charge on any atom is 0.295 e. The number of nitrogens with zero attached hydrogens (tertiary/aromatic N) is 1. The lowest BCUT2D eigenvalue weighted by Gasteiger charge is -2.12. The molecular weight excluding hydrogens is 306 g/mol. The molecule has 0 amide bonds. The van der Waals surface area contributed by atoms with Crippen LogP contribution in [-0.4, -0.2) is 13.3 Å². The standard InChI is InChI=1S/C14H15N3O4S/c1-8-3-5-10(6-4-8)22(20,21)12-7-11(17(18)19)14(16)13(15)9(12)2/h3-7H,15-16H2,1-2H3. The Morgan fingerprint density at radius 1 is 1.05 bits per heavy atom. The van der Waals surface area contributed by atoms with E-state index in [-0.39, 0.29) is 26.7 Å². The predicted molar refractivity (Wildman–Crippen MR) is 83.3 cm³/mol. The molecule has 8 heteroatoms. The minimum absolute atomic E-state index is 0.0414. The van der Waals surface area contributed by atoms with Gasteiger partial charge in [-0.2, -0.15) is 0 Å². The summed E-state index contributed by atoms with van der Waals surface area (Å²) < 4.78 is 25.4. The molecule has 0 atom stereocenters. The van der Waals surface area contributed by atoms with E-state index >= 15 is 0 Å². The number of rotatable bonds is 3. The monoisotopic (exact) mass is 321 g/mol. The first kappa shape index (κ1) is 15.8. The van der Waals surface area contributed by atoms with Gasteiger partial charge in [0.25, 0.3) is 5.69 Å². The fourth-order valence-electron chi connectivity index (χ4n) is 2.06. The normalized spacial score (nSPS) is 11.4. The Morgan fingerprint density at radius 3 is 2.09 bits per heavy atom. The Bertz CT molecular complexity index is 859. The van der Waals surface area contributed by atoms with Crippen LogP contribution in [0.5, 0.6) is 0 Å². The summed E-state index contributed by atoms with van der Waals surface area (Å²) in [6.45, 7) is 3.30. The van der Waals surface area contributed by atoms with Crippen molar-refractivity contribution < 1.29 is 13.3 Å². The molecule has 7 nitrogen and oxygen atoms in total. The molecule has 0 saturated carbocycles. The molecule has 0 aliphatic carbocycles. The molecule has 2 rings (SSSR count). The van der Waals surface area contributed by atoms with Crippen molar-refractivity contribution in [2.45, 2.75) is 23.6 Å². The largest absolute Gasteiger partial charge is 0.397 e. The quantitative estimate of drug-likeness (QED) is 0.506. The number of nitro benzene ring substituents is 1. The molecule has 2 aromatic carbocycles. The van der Waals surface area contributed by atoms with E-state index in [0.29, 0.717) is 0 Å². The van der Waals surface area contributed by atoms with Gasteiger partial charge < -0.3 is 11.5 Å². The van der Waals surface area contributed by atoms with E-state index in [1.165, 1.54) is 19.1 Å². The van der Waals surface area contributed by atoms with Crippen molar-refractivity contribution in [1.82, 2.24) is 0 Å². The van der Waals surface area contributed by atoms with Gasteiger partial charge in [-0.25, -0.2) is 8.42 Å². The lowest BCUT2D eigenvalue weighted by molar-refractivity contribution is -0.384. The summed E-state index contributed by atoms with van der Waals surface area (Å²) in [6.07, 6.45) is 0. The molecule has 0 saturated heterocycles. The lowest BCUT2D eigenvalue weighted by Crippen LogP contribution is -2.10. The van der Waals surface area contributed by atoms with Crippen molar-refractivity contribution in [3.63, 3.8) is 0 Å². The highest BCUT2D eigenvalue weighted by atomic mass is 32.2. The highest BCUT2D eigenvalue weighted by Crippen LogP contribution is 2.37. The van der Waals surface area contributed by atoms with Gasteiger partial charge in [0.15, 0.2) is 0 Å². The highest BCUT2D eigenvalue weighted by molar-refractivity contribution is 7.91.